The van der Waals surface area contributed by atoms with Crippen molar-refractivity contribution in [1.29, 1.82) is 0 Å². The number of likely N-dealkylation sites (tertiary alicyclic amines) is 1. The maximum absolute atomic E-state index is 12.6. The molecule has 2 heterocycles. The van der Waals surface area contributed by atoms with Gasteiger partial charge in [-0.3, -0.25) is 9.78 Å². The number of hydrogen-bond acceptors (Lipinski definition) is 2. The first-order valence-electron chi connectivity index (χ1n) is 8.94. The van der Waals surface area contributed by atoms with Gasteiger partial charge in [0.15, 0.2) is 0 Å². The molecule has 0 bridgehead atoms. The quantitative estimate of drug-likeness (QED) is 0.832. The van der Waals surface area contributed by atoms with Crippen LogP contribution in [-0.2, 0) is 11.2 Å². The summed E-state index contributed by atoms with van der Waals surface area (Å²) in [5, 5.41) is 0. The molecule has 0 aliphatic carbocycles. The van der Waals surface area contributed by atoms with E-state index in [0.717, 1.165) is 37.9 Å². The predicted molar refractivity (Wildman–Crippen MR) is 96.7 cm³/mol. The van der Waals surface area contributed by atoms with Crippen molar-refractivity contribution in [1.82, 2.24) is 9.88 Å². The standard InChI is InChI=1S/C21H26N2O/c1-17(20-8-5-11-22-16-20)14-21(24)23-12-9-19(10-13-23)15-18-6-3-2-4-7-18/h2-8,11,16-17,19H,9-10,12-15H2,1H3. The second kappa shape index (κ2) is 8.09. The molecule has 0 radical (unpaired) electrons. The molecular formula is C21H26N2O. The highest BCUT2D eigenvalue weighted by molar-refractivity contribution is 5.77. The first kappa shape index (κ1) is 16.7. The molecule has 2 aromatic rings. The molecule has 1 amide bonds. The number of nitrogens with zero attached hydrogens (tertiary/aromatic N) is 2. The van der Waals surface area contributed by atoms with Crippen LogP contribution in [0.25, 0.3) is 0 Å². The summed E-state index contributed by atoms with van der Waals surface area (Å²) >= 11 is 0. The Morgan fingerprint density at radius 2 is 1.92 bits per heavy atom. The fourth-order valence-corrected chi connectivity index (χ4v) is 3.51. The summed E-state index contributed by atoms with van der Waals surface area (Å²) in [6.45, 7) is 3.91. The summed E-state index contributed by atoms with van der Waals surface area (Å²) in [5.41, 5.74) is 2.55. The van der Waals surface area contributed by atoms with Crippen LogP contribution in [0, 0.1) is 5.92 Å². The maximum atomic E-state index is 12.6. The monoisotopic (exact) mass is 322 g/mol. The third-order valence-electron chi connectivity index (χ3n) is 5.07. The summed E-state index contributed by atoms with van der Waals surface area (Å²) < 4.78 is 0. The van der Waals surface area contributed by atoms with Gasteiger partial charge in [-0.2, -0.15) is 0 Å². The summed E-state index contributed by atoms with van der Waals surface area (Å²) in [6.07, 6.45) is 7.58. The lowest BCUT2D eigenvalue weighted by Gasteiger charge is -2.32. The van der Waals surface area contributed by atoms with Crippen molar-refractivity contribution in [3.8, 4) is 0 Å². The topological polar surface area (TPSA) is 33.2 Å². The molecule has 1 aromatic carbocycles. The van der Waals surface area contributed by atoms with E-state index in [1.807, 2.05) is 17.2 Å². The molecule has 3 rings (SSSR count). The van der Waals surface area contributed by atoms with Crippen LogP contribution in [0.15, 0.2) is 54.9 Å². The van der Waals surface area contributed by atoms with Gasteiger partial charge >= 0.3 is 0 Å². The lowest BCUT2D eigenvalue weighted by molar-refractivity contribution is -0.132. The van der Waals surface area contributed by atoms with Crippen molar-refractivity contribution in [3.05, 3.63) is 66.0 Å². The van der Waals surface area contributed by atoms with Gasteiger partial charge in [0, 0.05) is 31.9 Å². The van der Waals surface area contributed by atoms with Crippen LogP contribution in [0.2, 0.25) is 0 Å². The fourth-order valence-electron chi connectivity index (χ4n) is 3.51. The molecule has 0 saturated carbocycles. The van der Waals surface area contributed by atoms with E-state index in [9.17, 15) is 4.79 Å². The van der Waals surface area contributed by atoms with E-state index in [4.69, 9.17) is 0 Å². The van der Waals surface area contributed by atoms with Gasteiger partial charge in [-0.25, -0.2) is 0 Å². The van der Waals surface area contributed by atoms with Crippen molar-refractivity contribution in [2.75, 3.05) is 13.1 Å². The minimum absolute atomic E-state index is 0.230. The van der Waals surface area contributed by atoms with E-state index >= 15 is 0 Å². The summed E-state index contributed by atoms with van der Waals surface area (Å²) in [4.78, 5) is 18.8. The van der Waals surface area contributed by atoms with Gasteiger partial charge in [-0.05, 0) is 48.3 Å². The average Bonchev–Trinajstić information content (AvgIpc) is 2.64. The molecule has 3 nitrogen and oxygen atoms in total. The predicted octanol–water partition coefficient (Wildman–Crippen LogP) is 4.06. The number of carbonyl (C=O) groups is 1. The van der Waals surface area contributed by atoms with Crippen LogP contribution in [-0.4, -0.2) is 28.9 Å². The largest absolute Gasteiger partial charge is 0.343 e. The number of amides is 1. The van der Waals surface area contributed by atoms with Crippen molar-refractivity contribution >= 4 is 5.91 Å². The van der Waals surface area contributed by atoms with Crippen molar-refractivity contribution in [2.45, 2.75) is 38.5 Å². The summed E-state index contributed by atoms with van der Waals surface area (Å²) in [5.74, 6) is 1.21. The zero-order valence-electron chi connectivity index (χ0n) is 14.4. The van der Waals surface area contributed by atoms with E-state index in [1.54, 1.807) is 6.20 Å². The van der Waals surface area contributed by atoms with Crippen LogP contribution in [0.3, 0.4) is 0 Å². The highest BCUT2D eigenvalue weighted by atomic mass is 16.2. The highest BCUT2D eigenvalue weighted by Crippen LogP contribution is 2.24. The number of benzene rings is 1. The van der Waals surface area contributed by atoms with Gasteiger partial charge in [0.05, 0.1) is 0 Å². The van der Waals surface area contributed by atoms with Crippen LogP contribution in [0.5, 0.6) is 0 Å². The number of piperidine rings is 1. The van der Waals surface area contributed by atoms with Crippen LogP contribution >= 0.6 is 0 Å². The molecule has 1 aliphatic rings. The van der Waals surface area contributed by atoms with Gasteiger partial charge in [0.1, 0.15) is 0 Å². The smallest absolute Gasteiger partial charge is 0.223 e. The average molecular weight is 322 g/mol. The Bertz CT molecular complexity index is 633. The zero-order valence-corrected chi connectivity index (χ0v) is 14.4. The molecular weight excluding hydrogens is 296 g/mol. The fraction of sp³-hybridized carbons (Fsp3) is 0.429. The lowest BCUT2D eigenvalue weighted by Crippen LogP contribution is -2.39. The normalized spacial score (nSPS) is 16.8. The molecule has 1 aromatic heterocycles. The minimum atomic E-state index is 0.230. The summed E-state index contributed by atoms with van der Waals surface area (Å²) in [7, 11) is 0. The third kappa shape index (κ3) is 4.44. The maximum Gasteiger partial charge on any atom is 0.223 e. The molecule has 1 atom stereocenters. The van der Waals surface area contributed by atoms with Gasteiger partial charge in [0.2, 0.25) is 5.91 Å². The lowest BCUT2D eigenvalue weighted by atomic mass is 9.89. The first-order chi connectivity index (χ1) is 11.7. The highest BCUT2D eigenvalue weighted by Gasteiger charge is 2.24. The first-order valence-corrected chi connectivity index (χ1v) is 8.94. The van der Waals surface area contributed by atoms with E-state index in [-0.39, 0.29) is 11.8 Å². The van der Waals surface area contributed by atoms with Crippen molar-refractivity contribution < 1.29 is 4.79 Å². The molecule has 1 saturated heterocycles. The molecule has 126 valence electrons. The van der Waals surface area contributed by atoms with Crippen LogP contribution < -0.4 is 0 Å². The number of carbonyl (C=O) groups excluding carboxylic acids is 1. The molecule has 0 spiro atoms. The Kier molecular flexibility index (Phi) is 5.63. The van der Waals surface area contributed by atoms with Gasteiger partial charge in [0.25, 0.3) is 0 Å². The Morgan fingerprint density at radius 3 is 2.58 bits per heavy atom. The van der Waals surface area contributed by atoms with Gasteiger partial charge in [-0.15, -0.1) is 0 Å². The van der Waals surface area contributed by atoms with Crippen molar-refractivity contribution in [3.63, 3.8) is 0 Å². The number of aromatic nitrogens is 1. The molecule has 3 heteroatoms. The van der Waals surface area contributed by atoms with E-state index in [1.165, 1.54) is 5.56 Å². The Hall–Kier alpha value is -2.16. The molecule has 0 N–H and O–H groups in total. The SMILES string of the molecule is CC(CC(=O)N1CCC(Cc2ccccc2)CC1)c1cccnc1. The van der Waals surface area contributed by atoms with E-state index in [0.29, 0.717) is 12.3 Å². The van der Waals surface area contributed by atoms with Crippen LogP contribution in [0.4, 0.5) is 0 Å². The summed E-state index contributed by atoms with van der Waals surface area (Å²) in [6, 6.07) is 14.7. The zero-order chi connectivity index (χ0) is 16.8. The Morgan fingerprint density at radius 1 is 1.17 bits per heavy atom. The third-order valence-corrected chi connectivity index (χ3v) is 5.07. The molecule has 1 fully saturated rings. The van der Waals surface area contributed by atoms with Crippen molar-refractivity contribution in [2.24, 2.45) is 5.92 Å². The van der Waals surface area contributed by atoms with Gasteiger partial charge < -0.3 is 4.90 Å². The second-order valence-electron chi connectivity index (χ2n) is 6.91. The molecule has 24 heavy (non-hydrogen) atoms. The number of pyridine rings is 1. The van der Waals surface area contributed by atoms with E-state index in [2.05, 4.69) is 48.3 Å². The molecule has 1 aliphatic heterocycles. The van der Waals surface area contributed by atoms with Crippen LogP contribution in [0.1, 0.15) is 43.2 Å². The molecule has 1 unspecified atom stereocenters. The van der Waals surface area contributed by atoms with Gasteiger partial charge in [-0.1, -0.05) is 43.3 Å². The Labute approximate surface area is 144 Å². The Balaban J connectivity index is 1.47. The number of rotatable bonds is 5. The second-order valence-corrected chi connectivity index (χ2v) is 6.91. The van der Waals surface area contributed by atoms with E-state index < -0.39 is 0 Å². The number of hydrogen-bond donors (Lipinski definition) is 0. The minimum Gasteiger partial charge on any atom is -0.343 e.